The summed E-state index contributed by atoms with van der Waals surface area (Å²) in [5, 5.41) is 0.613. The number of benzene rings is 1. The molecular formula is C14H12F6INO6S. The van der Waals surface area contributed by atoms with Crippen LogP contribution in [0.3, 0.4) is 0 Å². The zero-order valence-corrected chi connectivity index (χ0v) is 17.2. The molecule has 15 heteroatoms. The Bertz CT molecular complexity index is 885. The number of rotatable bonds is 6. The first-order valence-corrected chi connectivity index (χ1v) is 10.0. The number of ether oxygens (including phenoxy) is 1. The molecule has 7 nitrogen and oxygen atoms in total. The third kappa shape index (κ3) is 6.18. The van der Waals surface area contributed by atoms with Gasteiger partial charge in [-0.2, -0.15) is 34.8 Å². The monoisotopic (exact) mass is 563 g/mol. The fourth-order valence-corrected chi connectivity index (χ4v) is 3.41. The number of hydrogen-bond donors (Lipinski definition) is 2. The van der Waals surface area contributed by atoms with Gasteiger partial charge in [0.05, 0.1) is 5.56 Å². The predicted octanol–water partition coefficient (Wildman–Crippen LogP) is 3.09. The summed E-state index contributed by atoms with van der Waals surface area (Å²) in [7, 11) is -5.86. The van der Waals surface area contributed by atoms with Crippen LogP contribution >= 0.6 is 22.6 Å². The quantitative estimate of drug-likeness (QED) is 0.181. The van der Waals surface area contributed by atoms with Crippen molar-refractivity contribution in [1.29, 1.82) is 0 Å². The van der Waals surface area contributed by atoms with Gasteiger partial charge in [0.1, 0.15) is 11.5 Å². The second-order valence-corrected chi connectivity index (χ2v) is 8.25. The van der Waals surface area contributed by atoms with Gasteiger partial charge >= 0.3 is 18.3 Å². The van der Waals surface area contributed by atoms with Crippen LogP contribution in [0.2, 0.25) is 0 Å². The first-order valence-electron chi connectivity index (χ1n) is 7.35. The topological polar surface area (TPSA) is 110 Å². The van der Waals surface area contributed by atoms with Crippen LogP contribution in [-0.2, 0) is 14.9 Å². The Labute approximate surface area is 173 Å². The molecule has 0 fully saturated rings. The second kappa shape index (κ2) is 8.63. The number of carbonyl (C=O) groups is 2. The van der Waals surface area contributed by atoms with Crippen molar-refractivity contribution in [3.05, 3.63) is 27.3 Å². The first-order chi connectivity index (χ1) is 12.9. The number of alkyl halides is 6. The maximum absolute atomic E-state index is 13.3. The first kappa shape index (κ1) is 25.4. The van der Waals surface area contributed by atoms with Crippen LogP contribution in [0, 0.1) is 3.57 Å². The van der Waals surface area contributed by atoms with Gasteiger partial charge in [0.2, 0.25) is 5.54 Å². The summed E-state index contributed by atoms with van der Waals surface area (Å²) in [4.78, 5) is 23.7. The molecule has 0 spiro atoms. The Morgan fingerprint density at radius 2 is 1.66 bits per heavy atom. The van der Waals surface area contributed by atoms with E-state index in [1.165, 1.54) is 6.92 Å². The summed E-state index contributed by atoms with van der Waals surface area (Å²) >= 11 is 1.68. The van der Waals surface area contributed by atoms with Gasteiger partial charge in [-0.25, -0.2) is 0 Å². The van der Waals surface area contributed by atoms with Crippen LogP contribution < -0.4 is 10.1 Å². The molecule has 1 amide bonds. The normalized spacial score (nSPS) is 13.1. The van der Waals surface area contributed by atoms with E-state index in [4.69, 9.17) is 9.29 Å². The summed E-state index contributed by atoms with van der Waals surface area (Å²) in [6.07, 6.45) is -12.9. The van der Waals surface area contributed by atoms with Crippen LogP contribution in [0.1, 0.15) is 23.7 Å². The van der Waals surface area contributed by atoms with Crippen molar-refractivity contribution in [3.8, 4) is 5.75 Å². The molecule has 0 unspecified atom stereocenters. The Morgan fingerprint density at radius 1 is 1.14 bits per heavy atom. The number of nitrogens with one attached hydrogen (secondary N) is 1. The zero-order chi connectivity index (χ0) is 22.8. The summed E-state index contributed by atoms with van der Waals surface area (Å²) in [5.74, 6) is -6.51. The average Bonchev–Trinajstić information content (AvgIpc) is 2.50. The highest BCUT2D eigenvalue weighted by Crippen LogP contribution is 2.44. The molecule has 1 aromatic rings. The molecular weight excluding hydrogens is 551 g/mol. The van der Waals surface area contributed by atoms with E-state index in [2.05, 4.69) is 0 Å². The van der Waals surface area contributed by atoms with E-state index in [9.17, 15) is 44.3 Å². The van der Waals surface area contributed by atoms with E-state index in [1.807, 2.05) is 0 Å². The van der Waals surface area contributed by atoms with E-state index in [-0.39, 0.29) is 6.42 Å². The molecule has 1 aromatic carbocycles. The fraction of sp³-hybridized carbons (Fsp3) is 0.429. The minimum absolute atomic E-state index is 0.218. The van der Waals surface area contributed by atoms with Gasteiger partial charge in [-0.3, -0.25) is 14.1 Å². The standard InChI is InChI=1S/C14H12F6INO6S/c1-2-10(23)28-9-5-7(21)3-4-8(9)11(24)22-12(13(15,16)17,14(18,19)20)6-29(25,26)27/h3-5H,2,6H2,1H3,(H,22,24)(H,25,26,27). The maximum atomic E-state index is 13.3. The third-order valence-electron chi connectivity index (χ3n) is 3.39. The summed E-state index contributed by atoms with van der Waals surface area (Å²) in [6.45, 7) is 1.35. The number of amides is 1. The smallest absolute Gasteiger partial charge is 0.421 e. The number of hydrogen-bond acceptors (Lipinski definition) is 5. The molecule has 29 heavy (non-hydrogen) atoms. The molecule has 0 bridgehead atoms. The van der Waals surface area contributed by atoms with E-state index < -0.39 is 57.0 Å². The second-order valence-electron chi connectivity index (χ2n) is 5.55. The van der Waals surface area contributed by atoms with Crippen LogP contribution in [0.15, 0.2) is 18.2 Å². The van der Waals surface area contributed by atoms with Crippen LogP contribution in [0.4, 0.5) is 26.3 Å². The molecule has 2 N–H and O–H groups in total. The minimum atomic E-state index is -6.36. The van der Waals surface area contributed by atoms with Crippen molar-refractivity contribution < 1.29 is 53.6 Å². The molecule has 1 rings (SSSR count). The summed E-state index contributed by atoms with van der Waals surface area (Å²) < 4.78 is 115. The third-order valence-corrected chi connectivity index (χ3v) is 4.86. The van der Waals surface area contributed by atoms with Crippen LogP contribution in [0.25, 0.3) is 0 Å². The Kier molecular flexibility index (Phi) is 7.56. The van der Waals surface area contributed by atoms with Crippen LogP contribution in [-0.4, -0.2) is 48.5 Å². The number of carbonyl (C=O) groups excluding carboxylic acids is 2. The van der Waals surface area contributed by atoms with Crippen molar-refractivity contribution in [2.75, 3.05) is 5.75 Å². The van der Waals surface area contributed by atoms with Gasteiger partial charge in [0, 0.05) is 9.99 Å². The van der Waals surface area contributed by atoms with Gasteiger partial charge in [-0.05, 0) is 40.8 Å². The van der Waals surface area contributed by atoms with Gasteiger partial charge in [0.25, 0.3) is 16.0 Å². The Hall–Kier alpha value is -1.62. The fourth-order valence-electron chi connectivity index (χ4n) is 2.00. The van der Waals surface area contributed by atoms with Crippen molar-refractivity contribution in [2.45, 2.75) is 31.2 Å². The summed E-state index contributed by atoms with van der Waals surface area (Å²) in [6, 6.07) is 2.93. The Morgan fingerprint density at radius 3 is 2.07 bits per heavy atom. The Balaban J connectivity index is 3.56. The highest BCUT2D eigenvalue weighted by molar-refractivity contribution is 14.1. The largest absolute Gasteiger partial charge is 0.426 e. The lowest BCUT2D eigenvalue weighted by Crippen LogP contribution is -2.70. The highest BCUT2D eigenvalue weighted by Gasteiger charge is 2.73. The molecule has 0 aliphatic heterocycles. The lowest BCUT2D eigenvalue weighted by Gasteiger charge is -2.36. The molecule has 0 saturated heterocycles. The molecule has 0 heterocycles. The van der Waals surface area contributed by atoms with Gasteiger partial charge in [-0.15, -0.1) is 0 Å². The van der Waals surface area contributed by atoms with Crippen molar-refractivity contribution in [3.63, 3.8) is 0 Å². The molecule has 0 aliphatic rings. The van der Waals surface area contributed by atoms with Gasteiger partial charge in [0.15, 0.2) is 0 Å². The van der Waals surface area contributed by atoms with Crippen molar-refractivity contribution in [2.24, 2.45) is 0 Å². The maximum Gasteiger partial charge on any atom is 0.421 e. The molecule has 0 atom stereocenters. The zero-order valence-electron chi connectivity index (χ0n) is 14.2. The predicted molar refractivity (Wildman–Crippen MR) is 93.8 cm³/mol. The lowest BCUT2D eigenvalue weighted by atomic mass is 9.99. The molecule has 0 radical (unpaired) electrons. The lowest BCUT2D eigenvalue weighted by molar-refractivity contribution is -0.296. The van der Waals surface area contributed by atoms with E-state index in [0.717, 1.165) is 18.2 Å². The molecule has 0 aromatic heterocycles. The highest BCUT2D eigenvalue weighted by atomic mass is 127. The summed E-state index contributed by atoms with van der Waals surface area (Å²) in [5.41, 5.74) is -6.21. The van der Waals surface area contributed by atoms with E-state index in [0.29, 0.717) is 8.89 Å². The molecule has 0 saturated carbocycles. The SMILES string of the molecule is CCC(=O)Oc1cc(I)ccc1C(=O)NC(CS(=O)(=O)O)(C(F)(F)F)C(F)(F)F. The average molecular weight is 563 g/mol. The number of esters is 1. The van der Waals surface area contributed by atoms with Crippen molar-refractivity contribution in [1.82, 2.24) is 5.32 Å². The van der Waals surface area contributed by atoms with Gasteiger partial charge < -0.3 is 10.1 Å². The molecule has 0 aliphatic carbocycles. The molecule has 164 valence electrons. The van der Waals surface area contributed by atoms with Gasteiger partial charge in [-0.1, -0.05) is 6.92 Å². The number of halogens is 7. The van der Waals surface area contributed by atoms with E-state index >= 15 is 0 Å². The van der Waals surface area contributed by atoms with E-state index in [1.54, 1.807) is 22.6 Å². The minimum Gasteiger partial charge on any atom is -0.426 e. The van der Waals surface area contributed by atoms with Crippen molar-refractivity contribution >= 4 is 44.6 Å². The van der Waals surface area contributed by atoms with Crippen LogP contribution in [0.5, 0.6) is 5.75 Å².